The zero-order valence-corrected chi connectivity index (χ0v) is 17.8. The van der Waals surface area contributed by atoms with Crippen molar-refractivity contribution >= 4 is 39.1 Å². The summed E-state index contributed by atoms with van der Waals surface area (Å²) < 4.78 is 3.03. The SMILES string of the molecule is Cn1cc(Br)nc1C[PH](c1ccccc1)(c1ccccc1)c1ccccc1. The number of hydrogen-bond acceptors (Lipinski definition) is 1. The molecular formula is C23H22BrN2P. The minimum absolute atomic E-state index is 0.886. The van der Waals surface area contributed by atoms with Crippen molar-refractivity contribution in [1.29, 1.82) is 0 Å². The van der Waals surface area contributed by atoms with E-state index in [0.717, 1.165) is 16.6 Å². The van der Waals surface area contributed by atoms with Crippen molar-refractivity contribution in [2.75, 3.05) is 0 Å². The van der Waals surface area contributed by atoms with E-state index in [1.54, 1.807) is 0 Å². The first-order valence-corrected chi connectivity index (χ1v) is 12.0. The van der Waals surface area contributed by atoms with E-state index >= 15 is 0 Å². The van der Waals surface area contributed by atoms with Crippen LogP contribution in [0.5, 0.6) is 0 Å². The molecule has 0 saturated heterocycles. The molecule has 0 atom stereocenters. The zero-order valence-electron chi connectivity index (χ0n) is 15.2. The summed E-state index contributed by atoms with van der Waals surface area (Å²) in [4.78, 5) is 4.79. The van der Waals surface area contributed by atoms with Crippen molar-refractivity contribution < 1.29 is 0 Å². The molecule has 0 aliphatic heterocycles. The Morgan fingerprint density at radius 1 is 0.741 bits per heavy atom. The third-order valence-corrected chi connectivity index (χ3v) is 10.4. The van der Waals surface area contributed by atoms with Gasteiger partial charge in [-0.15, -0.1) is 0 Å². The van der Waals surface area contributed by atoms with Crippen LogP contribution in [0.2, 0.25) is 0 Å². The number of halogens is 1. The predicted octanol–water partition coefficient (Wildman–Crippen LogP) is 4.41. The summed E-state index contributed by atoms with van der Waals surface area (Å²) in [5.74, 6) is 1.10. The van der Waals surface area contributed by atoms with Crippen LogP contribution in [0.1, 0.15) is 5.82 Å². The molecule has 1 heterocycles. The predicted molar refractivity (Wildman–Crippen MR) is 121 cm³/mol. The van der Waals surface area contributed by atoms with E-state index in [2.05, 4.69) is 119 Å². The number of aryl methyl sites for hydroxylation is 1. The molecule has 0 aliphatic carbocycles. The first-order valence-electron chi connectivity index (χ1n) is 9.04. The number of hydrogen-bond donors (Lipinski definition) is 0. The van der Waals surface area contributed by atoms with Gasteiger partial charge in [-0.1, -0.05) is 0 Å². The molecule has 0 N–H and O–H groups in total. The Balaban J connectivity index is 2.01. The average Bonchev–Trinajstić information content (AvgIpc) is 3.04. The van der Waals surface area contributed by atoms with E-state index in [0.29, 0.717) is 0 Å². The first kappa shape index (κ1) is 18.2. The number of rotatable bonds is 5. The second kappa shape index (κ2) is 7.80. The van der Waals surface area contributed by atoms with E-state index in [4.69, 9.17) is 4.98 Å². The Kier molecular flexibility index (Phi) is 5.24. The fourth-order valence-corrected chi connectivity index (χ4v) is 9.05. The van der Waals surface area contributed by atoms with Gasteiger partial charge in [-0.05, 0) is 0 Å². The van der Waals surface area contributed by atoms with Crippen LogP contribution < -0.4 is 15.9 Å². The molecule has 0 unspecified atom stereocenters. The molecule has 4 aromatic rings. The van der Waals surface area contributed by atoms with Gasteiger partial charge in [-0.25, -0.2) is 0 Å². The van der Waals surface area contributed by atoms with Gasteiger partial charge in [0, 0.05) is 0 Å². The van der Waals surface area contributed by atoms with Crippen molar-refractivity contribution in [1.82, 2.24) is 9.55 Å². The Hall–Kier alpha value is -2.22. The molecule has 0 saturated carbocycles. The topological polar surface area (TPSA) is 17.8 Å². The summed E-state index contributed by atoms with van der Waals surface area (Å²) in [6.07, 6.45) is 2.95. The summed E-state index contributed by atoms with van der Waals surface area (Å²) in [6, 6.07) is 32.9. The van der Waals surface area contributed by atoms with Crippen LogP contribution in [0.15, 0.2) is 102 Å². The van der Waals surface area contributed by atoms with Gasteiger partial charge in [0.1, 0.15) is 0 Å². The Morgan fingerprint density at radius 3 is 1.48 bits per heavy atom. The number of benzene rings is 3. The zero-order chi connectivity index (χ0) is 18.7. The van der Waals surface area contributed by atoms with Crippen LogP contribution >= 0.6 is 23.2 Å². The maximum atomic E-state index is 4.79. The second-order valence-electron chi connectivity index (χ2n) is 6.77. The molecule has 0 aliphatic rings. The van der Waals surface area contributed by atoms with Crippen molar-refractivity contribution in [2.24, 2.45) is 7.05 Å². The summed E-state index contributed by atoms with van der Waals surface area (Å²) in [5, 5.41) is 4.21. The minimum atomic E-state index is -2.29. The van der Waals surface area contributed by atoms with E-state index in [9.17, 15) is 0 Å². The standard InChI is InChI=1S/C23H22BrN2P/c1-26-17-22(24)25-23(26)18-27(19-11-5-2-6-12-19,20-13-7-3-8-14-20)21-15-9-4-10-16-21/h2-17,27H,18H2,1H3. The Morgan fingerprint density at radius 2 is 1.15 bits per heavy atom. The van der Waals surface area contributed by atoms with Gasteiger partial charge in [-0.2, -0.15) is 0 Å². The Labute approximate surface area is 169 Å². The van der Waals surface area contributed by atoms with Gasteiger partial charge in [0.05, 0.1) is 0 Å². The van der Waals surface area contributed by atoms with Crippen LogP contribution in [0.3, 0.4) is 0 Å². The molecule has 0 radical (unpaired) electrons. The average molecular weight is 437 g/mol. The van der Waals surface area contributed by atoms with E-state index in [1.807, 2.05) is 6.20 Å². The summed E-state index contributed by atoms with van der Waals surface area (Å²) >= 11 is 3.54. The fourth-order valence-electron chi connectivity index (χ4n) is 3.84. The van der Waals surface area contributed by atoms with Crippen molar-refractivity contribution in [3.8, 4) is 0 Å². The monoisotopic (exact) mass is 436 g/mol. The molecule has 1 aromatic heterocycles. The number of imidazole rings is 1. The summed E-state index contributed by atoms with van der Waals surface area (Å²) in [7, 11) is -0.210. The normalized spacial score (nSPS) is 12.1. The van der Waals surface area contributed by atoms with E-state index in [1.165, 1.54) is 15.9 Å². The first-order chi connectivity index (χ1) is 13.2. The van der Waals surface area contributed by atoms with Gasteiger partial charge < -0.3 is 0 Å². The molecule has 4 rings (SSSR count). The van der Waals surface area contributed by atoms with Gasteiger partial charge in [0.15, 0.2) is 0 Å². The Bertz CT molecular complexity index is 918. The molecule has 3 aromatic carbocycles. The number of nitrogens with zero attached hydrogens (tertiary/aromatic N) is 2. The van der Waals surface area contributed by atoms with Crippen molar-refractivity contribution in [3.63, 3.8) is 0 Å². The van der Waals surface area contributed by atoms with Crippen LogP contribution in [0, 0.1) is 0 Å². The van der Waals surface area contributed by atoms with Gasteiger partial charge in [-0.3, -0.25) is 0 Å². The third-order valence-electron chi connectivity index (χ3n) is 5.17. The molecule has 0 fully saturated rings. The summed E-state index contributed by atoms with van der Waals surface area (Å²) in [6.45, 7) is 0. The van der Waals surface area contributed by atoms with Crippen LogP contribution in [-0.2, 0) is 13.2 Å². The van der Waals surface area contributed by atoms with Crippen molar-refractivity contribution in [2.45, 2.75) is 6.16 Å². The van der Waals surface area contributed by atoms with E-state index < -0.39 is 7.26 Å². The molecule has 136 valence electrons. The van der Waals surface area contributed by atoms with Crippen molar-refractivity contribution in [3.05, 3.63) is 108 Å². The molecule has 0 spiro atoms. The van der Waals surface area contributed by atoms with Crippen LogP contribution in [-0.4, -0.2) is 9.55 Å². The molecule has 27 heavy (non-hydrogen) atoms. The van der Waals surface area contributed by atoms with Crippen LogP contribution in [0.4, 0.5) is 0 Å². The molecule has 0 amide bonds. The van der Waals surface area contributed by atoms with Gasteiger partial charge in [0.2, 0.25) is 0 Å². The summed E-state index contributed by atoms with van der Waals surface area (Å²) in [5.41, 5.74) is 0. The van der Waals surface area contributed by atoms with Gasteiger partial charge >= 0.3 is 169 Å². The van der Waals surface area contributed by atoms with E-state index in [-0.39, 0.29) is 0 Å². The fraction of sp³-hybridized carbons (Fsp3) is 0.0870. The molecule has 0 bridgehead atoms. The molecular weight excluding hydrogens is 415 g/mol. The molecule has 4 heteroatoms. The quantitative estimate of drug-likeness (QED) is 0.423. The number of aromatic nitrogens is 2. The van der Waals surface area contributed by atoms with Gasteiger partial charge in [0.25, 0.3) is 0 Å². The van der Waals surface area contributed by atoms with Crippen LogP contribution in [0.25, 0.3) is 0 Å². The second-order valence-corrected chi connectivity index (χ2v) is 11.5. The molecule has 2 nitrogen and oxygen atoms in total. The maximum absolute atomic E-state index is 4.79. The third kappa shape index (κ3) is 3.50.